The number of nitro groups is 1. The van der Waals surface area contributed by atoms with Gasteiger partial charge in [0.1, 0.15) is 0 Å². The molecule has 0 spiro atoms. The van der Waals surface area contributed by atoms with Gasteiger partial charge in [-0.05, 0) is 44.5 Å². The Hall–Kier alpha value is -3.36. The molecule has 0 unspecified atom stereocenters. The molecule has 0 aliphatic carbocycles. The van der Waals surface area contributed by atoms with Gasteiger partial charge in [0, 0.05) is 17.8 Å². The van der Waals surface area contributed by atoms with Gasteiger partial charge in [0.25, 0.3) is 11.6 Å². The molecule has 0 N–H and O–H groups in total. The number of aryl methyl sites for hydroxylation is 3. The molecule has 3 rings (SSSR count). The van der Waals surface area contributed by atoms with E-state index in [0.717, 1.165) is 17.0 Å². The highest BCUT2D eigenvalue weighted by Gasteiger charge is 2.13. The van der Waals surface area contributed by atoms with E-state index in [2.05, 4.69) is 20.4 Å². The molecule has 0 bridgehead atoms. The lowest BCUT2D eigenvalue weighted by atomic mass is 10.2. The third-order valence-electron chi connectivity index (χ3n) is 3.41. The zero-order valence-electron chi connectivity index (χ0n) is 13.4. The Labute approximate surface area is 137 Å². The maximum absolute atomic E-state index is 10.7. The minimum Gasteiger partial charge on any atom is -0.258 e. The van der Waals surface area contributed by atoms with Gasteiger partial charge in [0.15, 0.2) is 5.82 Å². The summed E-state index contributed by atoms with van der Waals surface area (Å²) in [5.41, 5.74) is 2.56. The molecular weight excluding hydrogens is 310 g/mol. The fraction of sp³-hybridized carbons (Fsp3) is 0.200. The standard InChI is InChI=1S/C15H15N7O2/c1-10-8-11(2)20(19-10)15-18-17-12(3)21(15)16-9-13-4-6-14(7-5-13)22(23)24/h4-9H,1-3H3/b16-9-. The van der Waals surface area contributed by atoms with Crippen LogP contribution in [-0.2, 0) is 0 Å². The van der Waals surface area contributed by atoms with E-state index in [0.29, 0.717) is 11.8 Å². The number of hydrogen-bond donors (Lipinski definition) is 0. The summed E-state index contributed by atoms with van der Waals surface area (Å²) in [7, 11) is 0. The fourth-order valence-electron chi connectivity index (χ4n) is 2.25. The van der Waals surface area contributed by atoms with Crippen LogP contribution in [0.4, 0.5) is 5.69 Å². The largest absolute Gasteiger partial charge is 0.273 e. The summed E-state index contributed by atoms with van der Waals surface area (Å²) in [5, 5.41) is 27.6. The zero-order chi connectivity index (χ0) is 17.3. The normalized spacial score (nSPS) is 11.3. The molecule has 0 amide bonds. The van der Waals surface area contributed by atoms with Crippen molar-refractivity contribution >= 4 is 11.9 Å². The SMILES string of the molecule is Cc1cc(C)n(-c2nnc(C)n2/N=C\c2ccc([N+](=O)[O-])cc2)n1. The molecule has 0 radical (unpaired) electrons. The minimum absolute atomic E-state index is 0.0379. The smallest absolute Gasteiger partial charge is 0.258 e. The molecule has 0 fully saturated rings. The predicted octanol–water partition coefficient (Wildman–Crippen LogP) is 2.18. The van der Waals surface area contributed by atoms with Crippen LogP contribution in [0.25, 0.3) is 5.95 Å². The van der Waals surface area contributed by atoms with Crippen molar-refractivity contribution in [3.05, 3.63) is 63.2 Å². The first-order valence-corrected chi connectivity index (χ1v) is 7.20. The monoisotopic (exact) mass is 325 g/mol. The summed E-state index contributed by atoms with van der Waals surface area (Å²) in [4.78, 5) is 10.2. The number of non-ortho nitro benzene ring substituents is 1. The van der Waals surface area contributed by atoms with E-state index in [1.54, 1.807) is 34.6 Å². The maximum Gasteiger partial charge on any atom is 0.273 e. The Bertz CT molecular complexity index is 922. The highest BCUT2D eigenvalue weighted by molar-refractivity contribution is 5.79. The molecule has 0 saturated carbocycles. The molecule has 0 atom stereocenters. The van der Waals surface area contributed by atoms with Crippen LogP contribution in [0.15, 0.2) is 35.4 Å². The Kier molecular flexibility index (Phi) is 3.90. The first-order valence-electron chi connectivity index (χ1n) is 7.20. The number of aromatic nitrogens is 5. The minimum atomic E-state index is -0.439. The van der Waals surface area contributed by atoms with Gasteiger partial charge in [0.05, 0.1) is 16.8 Å². The Morgan fingerprint density at radius 1 is 1.17 bits per heavy atom. The lowest BCUT2D eigenvalue weighted by molar-refractivity contribution is -0.384. The van der Waals surface area contributed by atoms with Crippen molar-refractivity contribution < 1.29 is 4.92 Å². The van der Waals surface area contributed by atoms with E-state index in [-0.39, 0.29) is 5.69 Å². The number of nitrogens with zero attached hydrogens (tertiary/aromatic N) is 7. The molecule has 9 nitrogen and oxygen atoms in total. The predicted molar refractivity (Wildman–Crippen MR) is 87.4 cm³/mol. The fourth-order valence-corrected chi connectivity index (χ4v) is 2.25. The molecule has 1 aromatic carbocycles. The van der Waals surface area contributed by atoms with Crippen molar-refractivity contribution in [2.75, 3.05) is 0 Å². The van der Waals surface area contributed by atoms with E-state index >= 15 is 0 Å². The quantitative estimate of drug-likeness (QED) is 0.415. The Balaban J connectivity index is 1.94. The summed E-state index contributed by atoms with van der Waals surface area (Å²) in [6.45, 7) is 5.61. The van der Waals surface area contributed by atoms with Crippen LogP contribution in [0.2, 0.25) is 0 Å². The number of nitro benzene ring substituents is 1. The molecular formula is C15H15N7O2. The average molecular weight is 325 g/mol. The van der Waals surface area contributed by atoms with Crippen LogP contribution < -0.4 is 0 Å². The van der Waals surface area contributed by atoms with Gasteiger partial charge in [-0.3, -0.25) is 10.1 Å². The van der Waals surface area contributed by atoms with Gasteiger partial charge >= 0.3 is 0 Å². The Morgan fingerprint density at radius 3 is 2.46 bits per heavy atom. The highest BCUT2D eigenvalue weighted by Crippen LogP contribution is 2.13. The second-order valence-corrected chi connectivity index (χ2v) is 5.29. The van der Waals surface area contributed by atoms with Gasteiger partial charge in [-0.2, -0.15) is 14.9 Å². The first-order chi connectivity index (χ1) is 11.5. The molecule has 3 aromatic rings. The zero-order valence-corrected chi connectivity index (χ0v) is 13.4. The average Bonchev–Trinajstić information content (AvgIpc) is 3.07. The molecule has 24 heavy (non-hydrogen) atoms. The van der Waals surface area contributed by atoms with E-state index in [4.69, 9.17) is 0 Å². The summed E-state index contributed by atoms with van der Waals surface area (Å²) in [6, 6.07) is 8.06. The van der Waals surface area contributed by atoms with Crippen molar-refractivity contribution in [2.45, 2.75) is 20.8 Å². The molecule has 0 aliphatic heterocycles. The van der Waals surface area contributed by atoms with Crippen LogP contribution in [-0.4, -0.2) is 35.8 Å². The van der Waals surface area contributed by atoms with Crippen LogP contribution in [0.5, 0.6) is 0 Å². The second-order valence-electron chi connectivity index (χ2n) is 5.29. The van der Waals surface area contributed by atoms with Crippen LogP contribution in [0.3, 0.4) is 0 Å². The van der Waals surface area contributed by atoms with Crippen LogP contribution in [0, 0.1) is 30.9 Å². The number of benzene rings is 1. The lowest BCUT2D eigenvalue weighted by Gasteiger charge is -2.03. The third-order valence-corrected chi connectivity index (χ3v) is 3.41. The van der Waals surface area contributed by atoms with E-state index in [9.17, 15) is 10.1 Å². The van der Waals surface area contributed by atoms with Crippen molar-refractivity contribution in [3.8, 4) is 5.95 Å². The molecule has 0 saturated heterocycles. The molecule has 2 heterocycles. The molecule has 0 aliphatic rings. The summed E-state index contributed by atoms with van der Waals surface area (Å²) in [6.07, 6.45) is 1.59. The van der Waals surface area contributed by atoms with E-state index < -0.39 is 4.92 Å². The van der Waals surface area contributed by atoms with Gasteiger partial charge in [-0.15, -0.1) is 10.2 Å². The van der Waals surface area contributed by atoms with Crippen molar-refractivity contribution in [3.63, 3.8) is 0 Å². The van der Waals surface area contributed by atoms with E-state index in [1.807, 2.05) is 19.9 Å². The van der Waals surface area contributed by atoms with Gasteiger partial charge < -0.3 is 0 Å². The topological polar surface area (TPSA) is 104 Å². The number of rotatable bonds is 4. The van der Waals surface area contributed by atoms with Crippen molar-refractivity contribution in [2.24, 2.45) is 5.10 Å². The lowest BCUT2D eigenvalue weighted by Crippen LogP contribution is -2.07. The highest BCUT2D eigenvalue weighted by atomic mass is 16.6. The van der Waals surface area contributed by atoms with E-state index in [1.165, 1.54) is 12.1 Å². The van der Waals surface area contributed by atoms with Gasteiger partial charge in [0.2, 0.25) is 0 Å². The third kappa shape index (κ3) is 2.91. The Morgan fingerprint density at radius 2 is 1.88 bits per heavy atom. The molecule has 9 heteroatoms. The second kappa shape index (κ2) is 6.03. The first kappa shape index (κ1) is 15.5. The van der Waals surface area contributed by atoms with Crippen molar-refractivity contribution in [1.82, 2.24) is 24.7 Å². The van der Waals surface area contributed by atoms with Crippen molar-refractivity contribution in [1.29, 1.82) is 0 Å². The molecule has 2 aromatic heterocycles. The summed E-state index contributed by atoms with van der Waals surface area (Å²) < 4.78 is 3.24. The number of hydrogen-bond acceptors (Lipinski definition) is 6. The van der Waals surface area contributed by atoms with Gasteiger partial charge in [-0.1, -0.05) is 0 Å². The maximum atomic E-state index is 10.7. The summed E-state index contributed by atoms with van der Waals surface area (Å²) >= 11 is 0. The van der Waals surface area contributed by atoms with Gasteiger partial charge in [-0.25, -0.2) is 4.68 Å². The summed E-state index contributed by atoms with van der Waals surface area (Å²) in [5.74, 6) is 1.09. The van der Waals surface area contributed by atoms with Crippen LogP contribution in [0.1, 0.15) is 22.8 Å². The van der Waals surface area contributed by atoms with Crippen LogP contribution >= 0.6 is 0 Å². The molecule has 122 valence electrons.